The maximum atomic E-state index is 14.0. The monoisotopic (exact) mass is 281 g/mol. The Bertz CT molecular complexity index is 556. The van der Waals surface area contributed by atoms with E-state index in [0.29, 0.717) is 32.5 Å². The number of nitrogens with zero attached hydrogens (tertiary/aromatic N) is 2. The lowest BCUT2D eigenvalue weighted by Gasteiger charge is -2.38. The van der Waals surface area contributed by atoms with E-state index in [4.69, 9.17) is 0 Å². The number of amides is 2. The van der Waals surface area contributed by atoms with E-state index < -0.39 is 11.6 Å². The molecular formula is C13H13F2N3O2. The number of anilines is 1. The van der Waals surface area contributed by atoms with Crippen LogP contribution in [0.4, 0.5) is 19.3 Å². The topological polar surface area (TPSA) is 52.7 Å². The lowest BCUT2D eigenvalue weighted by atomic mass is 10.1. The van der Waals surface area contributed by atoms with Gasteiger partial charge in [-0.15, -0.1) is 0 Å². The van der Waals surface area contributed by atoms with Crippen molar-refractivity contribution in [2.24, 2.45) is 0 Å². The molecular weight excluding hydrogens is 268 g/mol. The van der Waals surface area contributed by atoms with Crippen LogP contribution >= 0.6 is 0 Å². The summed E-state index contributed by atoms with van der Waals surface area (Å²) in [5.74, 6) is -1.50. The molecule has 0 saturated carbocycles. The molecule has 1 unspecified atom stereocenters. The molecule has 1 aromatic rings. The second-order valence-electron chi connectivity index (χ2n) is 4.93. The summed E-state index contributed by atoms with van der Waals surface area (Å²) in [6, 6.07) is 1.83. The molecule has 2 heterocycles. The zero-order valence-corrected chi connectivity index (χ0v) is 10.6. The van der Waals surface area contributed by atoms with Gasteiger partial charge in [0.1, 0.15) is 23.6 Å². The van der Waals surface area contributed by atoms with E-state index in [1.54, 1.807) is 9.80 Å². The summed E-state index contributed by atoms with van der Waals surface area (Å²) in [4.78, 5) is 25.3. The van der Waals surface area contributed by atoms with Gasteiger partial charge in [-0.25, -0.2) is 13.6 Å². The van der Waals surface area contributed by atoms with Gasteiger partial charge in [0.25, 0.3) is 0 Å². The van der Waals surface area contributed by atoms with Crippen molar-refractivity contribution in [3.8, 4) is 0 Å². The van der Waals surface area contributed by atoms with Gasteiger partial charge in [-0.05, 0) is 12.1 Å². The molecule has 1 aromatic carbocycles. The van der Waals surface area contributed by atoms with Crippen LogP contribution in [0.3, 0.4) is 0 Å². The van der Waals surface area contributed by atoms with Gasteiger partial charge < -0.3 is 15.1 Å². The third-order valence-electron chi connectivity index (χ3n) is 3.72. The minimum absolute atomic E-state index is 0.0277. The molecule has 1 atom stereocenters. The highest BCUT2D eigenvalue weighted by Gasteiger charge is 2.36. The van der Waals surface area contributed by atoms with Crippen LogP contribution in [-0.2, 0) is 0 Å². The Morgan fingerprint density at radius 1 is 1.25 bits per heavy atom. The fourth-order valence-corrected chi connectivity index (χ4v) is 2.76. The summed E-state index contributed by atoms with van der Waals surface area (Å²) in [5.41, 5.74) is -0.158. The van der Waals surface area contributed by atoms with Crippen molar-refractivity contribution in [1.82, 2.24) is 10.2 Å². The molecule has 0 aliphatic carbocycles. The Labute approximate surface area is 114 Å². The van der Waals surface area contributed by atoms with Crippen LogP contribution in [0.15, 0.2) is 12.1 Å². The zero-order chi connectivity index (χ0) is 14.3. The van der Waals surface area contributed by atoms with Crippen molar-refractivity contribution in [1.29, 1.82) is 0 Å². The van der Waals surface area contributed by atoms with Gasteiger partial charge in [-0.3, -0.25) is 4.79 Å². The SMILES string of the molecule is O=Cc1cc(F)c(N2CCN3C(=O)NCC3C2)c(F)c1. The van der Waals surface area contributed by atoms with Crippen LogP contribution in [0.5, 0.6) is 0 Å². The molecule has 3 rings (SSSR count). The number of nitrogens with one attached hydrogen (secondary N) is 1. The van der Waals surface area contributed by atoms with Gasteiger partial charge in [0, 0.05) is 31.7 Å². The number of hydrogen-bond acceptors (Lipinski definition) is 3. The van der Waals surface area contributed by atoms with Gasteiger partial charge in [0.05, 0.1) is 6.04 Å². The number of aldehydes is 1. The number of carbonyl (C=O) groups is 2. The molecule has 1 N–H and O–H groups in total. The predicted octanol–water partition coefficient (Wildman–Crippen LogP) is 0.991. The van der Waals surface area contributed by atoms with Crippen LogP contribution in [0.1, 0.15) is 10.4 Å². The first-order valence-electron chi connectivity index (χ1n) is 6.34. The molecule has 0 bridgehead atoms. The van der Waals surface area contributed by atoms with E-state index in [9.17, 15) is 18.4 Å². The van der Waals surface area contributed by atoms with E-state index in [0.717, 1.165) is 12.1 Å². The predicted molar refractivity (Wildman–Crippen MR) is 67.9 cm³/mol. The highest BCUT2D eigenvalue weighted by molar-refractivity contribution is 5.78. The van der Waals surface area contributed by atoms with Crippen molar-refractivity contribution >= 4 is 18.0 Å². The molecule has 106 valence electrons. The molecule has 2 amide bonds. The second kappa shape index (κ2) is 4.73. The first-order chi connectivity index (χ1) is 9.60. The molecule has 2 fully saturated rings. The molecule has 2 aliphatic heterocycles. The average molecular weight is 281 g/mol. The van der Waals surface area contributed by atoms with Crippen LogP contribution in [0, 0.1) is 11.6 Å². The van der Waals surface area contributed by atoms with Crippen molar-refractivity contribution in [3.63, 3.8) is 0 Å². The summed E-state index contributed by atoms with van der Waals surface area (Å²) in [6.07, 6.45) is 0.410. The fourth-order valence-electron chi connectivity index (χ4n) is 2.76. The van der Waals surface area contributed by atoms with E-state index in [1.807, 2.05) is 0 Å². The smallest absolute Gasteiger partial charge is 0.317 e. The average Bonchev–Trinajstić information content (AvgIpc) is 2.79. The maximum Gasteiger partial charge on any atom is 0.317 e. The Hall–Kier alpha value is -2.18. The number of urea groups is 1. The number of benzene rings is 1. The van der Waals surface area contributed by atoms with E-state index >= 15 is 0 Å². The Kier molecular flexibility index (Phi) is 3.04. The van der Waals surface area contributed by atoms with Crippen molar-refractivity contribution in [2.75, 3.05) is 31.1 Å². The number of fused-ring (bicyclic) bond motifs is 1. The normalized spacial score (nSPS) is 21.7. The summed E-state index contributed by atoms with van der Waals surface area (Å²) in [5, 5.41) is 2.71. The van der Waals surface area contributed by atoms with E-state index in [1.165, 1.54) is 0 Å². The minimum atomic E-state index is -0.752. The molecule has 0 radical (unpaired) electrons. The van der Waals surface area contributed by atoms with Crippen molar-refractivity contribution < 1.29 is 18.4 Å². The summed E-state index contributed by atoms with van der Waals surface area (Å²) in [7, 11) is 0. The van der Waals surface area contributed by atoms with E-state index in [-0.39, 0.29) is 23.3 Å². The summed E-state index contributed by atoms with van der Waals surface area (Å²) < 4.78 is 27.9. The number of rotatable bonds is 2. The van der Waals surface area contributed by atoms with E-state index in [2.05, 4.69) is 5.32 Å². The third kappa shape index (κ3) is 1.99. The van der Waals surface area contributed by atoms with Crippen molar-refractivity contribution in [3.05, 3.63) is 29.3 Å². The zero-order valence-electron chi connectivity index (χ0n) is 10.6. The lowest BCUT2D eigenvalue weighted by molar-refractivity contribution is 0.112. The van der Waals surface area contributed by atoms with Gasteiger partial charge in [0.2, 0.25) is 0 Å². The largest absolute Gasteiger partial charge is 0.363 e. The third-order valence-corrected chi connectivity index (χ3v) is 3.72. The lowest BCUT2D eigenvalue weighted by Crippen LogP contribution is -2.52. The van der Waals surface area contributed by atoms with Crippen LogP contribution in [0.2, 0.25) is 0 Å². The molecule has 2 aliphatic rings. The number of carbonyl (C=O) groups excluding carboxylic acids is 2. The molecule has 2 saturated heterocycles. The standard InChI is InChI=1S/C13H13F2N3O2/c14-10-3-8(7-19)4-11(15)12(10)17-1-2-18-9(6-17)5-16-13(18)20/h3-4,7,9H,1-2,5-6H2,(H,16,20). The minimum Gasteiger partial charge on any atom is -0.363 e. The number of hydrogen-bond donors (Lipinski definition) is 1. The maximum absolute atomic E-state index is 14.0. The molecule has 5 nitrogen and oxygen atoms in total. The highest BCUT2D eigenvalue weighted by atomic mass is 19.1. The second-order valence-corrected chi connectivity index (χ2v) is 4.93. The summed E-state index contributed by atoms with van der Waals surface area (Å²) in [6.45, 7) is 1.63. The van der Waals surface area contributed by atoms with Gasteiger partial charge >= 0.3 is 6.03 Å². The molecule has 7 heteroatoms. The Morgan fingerprint density at radius 2 is 1.95 bits per heavy atom. The Balaban J connectivity index is 1.87. The quantitative estimate of drug-likeness (QED) is 0.823. The fraction of sp³-hybridized carbons (Fsp3) is 0.385. The van der Waals surface area contributed by atoms with Crippen LogP contribution in [-0.4, -0.2) is 49.4 Å². The van der Waals surface area contributed by atoms with Crippen molar-refractivity contribution in [2.45, 2.75) is 6.04 Å². The molecule has 20 heavy (non-hydrogen) atoms. The Morgan fingerprint density at radius 3 is 2.60 bits per heavy atom. The first kappa shape index (κ1) is 12.8. The van der Waals surface area contributed by atoms with Crippen LogP contribution in [0.25, 0.3) is 0 Å². The number of piperazine rings is 1. The van der Waals surface area contributed by atoms with Gasteiger partial charge in [-0.1, -0.05) is 0 Å². The first-order valence-corrected chi connectivity index (χ1v) is 6.34. The van der Waals surface area contributed by atoms with Gasteiger partial charge in [-0.2, -0.15) is 0 Å². The molecule has 0 aromatic heterocycles. The summed E-state index contributed by atoms with van der Waals surface area (Å²) >= 11 is 0. The highest BCUT2D eigenvalue weighted by Crippen LogP contribution is 2.27. The van der Waals surface area contributed by atoms with Gasteiger partial charge in [0.15, 0.2) is 0 Å². The number of halogens is 2. The van der Waals surface area contributed by atoms with Crippen LogP contribution < -0.4 is 10.2 Å². The molecule has 0 spiro atoms.